The number of halogens is 1. The second kappa shape index (κ2) is 6.67. The summed E-state index contributed by atoms with van der Waals surface area (Å²) in [7, 11) is 0. The molecule has 1 N–H and O–H groups in total. The Morgan fingerprint density at radius 2 is 2.04 bits per heavy atom. The van der Waals surface area contributed by atoms with Gasteiger partial charge in [0.2, 0.25) is 18.6 Å². The zero-order valence-electron chi connectivity index (χ0n) is 13.9. The van der Waals surface area contributed by atoms with E-state index in [2.05, 4.69) is 5.32 Å². The number of likely N-dealkylation sites (tertiary alicyclic amines) is 1. The van der Waals surface area contributed by atoms with Crippen LogP contribution in [0.5, 0.6) is 11.5 Å². The number of carbonyl (C=O) groups excluding carboxylic acids is 2. The van der Waals surface area contributed by atoms with E-state index in [1.165, 1.54) is 17.0 Å². The molecule has 26 heavy (non-hydrogen) atoms. The summed E-state index contributed by atoms with van der Waals surface area (Å²) >= 11 is 0. The minimum atomic E-state index is -0.587. The molecule has 2 amide bonds. The van der Waals surface area contributed by atoms with E-state index in [1.54, 1.807) is 30.3 Å². The monoisotopic (exact) mass is 356 g/mol. The summed E-state index contributed by atoms with van der Waals surface area (Å²) < 4.78 is 23.9. The number of rotatable bonds is 4. The standard InChI is InChI=1S/C19H17FN2O4/c20-13-3-1-2-12(8-13)10-22-15(5-7-18(22)23)19(24)21-14-4-6-16-17(9-14)26-11-25-16/h1-4,6,8-9,15H,5,7,10-11H2,(H,21,24). The quantitative estimate of drug-likeness (QED) is 0.915. The Labute approximate surface area is 149 Å². The smallest absolute Gasteiger partial charge is 0.247 e. The fraction of sp³-hybridized carbons (Fsp3) is 0.263. The van der Waals surface area contributed by atoms with Crippen molar-refractivity contribution in [3.63, 3.8) is 0 Å². The molecule has 2 aliphatic rings. The van der Waals surface area contributed by atoms with Gasteiger partial charge >= 0.3 is 0 Å². The predicted molar refractivity (Wildman–Crippen MR) is 91.2 cm³/mol. The highest BCUT2D eigenvalue weighted by Gasteiger charge is 2.36. The number of amides is 2. The molecular formula is C19H17FN2O4. The van der Waals surface area contributed by atoms with Crippen molar-refractivity contribution >= 4 is 17.5 Å². The fourth-order valence-corrected chi connectivity index (χ4v) is 3.24. The number of fused-ring (bicyclic) bond motifs is 1. The van der Waals surface area contributed by atoms with Crippen molar-refractivity contribution in [1.82, 2.24) is 4.90 Å². The highest BCUT2D eigenvalue weighted by molar-refractivity contribution is 5.99. The summed E-state index contributed by atoms with van der Waals surface area (Å²) in [6.45, 7) is 0.362. The van der Waals surface area contributed by atoms with E-state index in [9.17, 15) is 14.0 Å². The van der Waals surface area contributed by atoms with Crippen LogP contribution in [-0.2, 0) is 16.1 Å². The SMILES string of the molecule is O=C(Nc1ccc2c(c1)OCO2)C1CCC(=O)N1Cc1cccc(F)c1. The van der Waals surface area contributed by atoms with Crippen molar-refractivity contribution in [2.24, 2.45) is 0 Å². The van der Waals surface area contributed by atoms with Gasteiger partial charge in [0.15, 0.2) is 11.5 Å². The maximum Gasteiger partial charge on any atom is 0.247 e. The van der Waals surface area contributed by atoms with Crippen molar-refractivity contribution in [2.75, 3.05) is 12.1 Å². The Balaban J connectivity index is 1.48. The molecule has 2 aliphatic heterocycles. The van der Waals surface area contributed by atoms with Gasteiger partial charge in [0.1, 0.15) is 11.9 Å². The molecule has 0 aliphatic carbocycles. The minimum absolute atomic E-state index is 0.111. The molecule has 6 nitrogen and oxygen atoms in total. The van der Waals surface area contributed by atoms with Crippen LogP contribution in [0, 0.1) is 5.82 Å². The van der Waals surface area contributed by atoms with Gasteiger partial charge in [-0.1, -0.05) is 12.1 Å². The van der Waals surface area contributed by atoms with E-state index >= 15 is 0 Å². The summed E-state index contributed by atoms with van der Waals surface area (Å²) in [5.74, 6) is 0.454. The molecule has 0 radical (unpaired) electrons. The van der Waals surface area contributed by atoms with Crippen LogP contribution in [0.2, 0.25) is 0 Å². The van der Waals surface area contributed by atoms with Gasteiger partial charge in [-0.05, 0) is 36.2 Å². The van der Waals surface area contributed by atoms with Crippen LogP contribution in [0.15, 0.2) is 42.5 Å². The second-order valence-corrected chi connectivity index (χ2v) is 6.26. The number of carbonyl (C=O) groups is 2. The van der Waals surface area contributed by atoms with Gasteiger partial charge in [-0.2, -0.15) is 0 Å². The van der Waals surface area contributed by atoms with Crippen molar-refractivity contribution in [3.05, 3.63) is 53.8 Å². The van der Waals surface area contributed by atoms with Gasteiger partial charge in [0.05, 0.1) is 0 Å². The molecule has 7 heteroatoms. The van der Waals surface area contributed by atoms with E-state index in [4.69, 9.17) is 9.47 Å². The number of hydrogen-bond acceptors (Lipinski definition) is 4. The maximum atomic E-state index is 13.4. The number of nitrogens with one attached hydrogen (secondary N) is 1. The lowest BCUT2D eigenvalue weighted by atomic mass is 10.1. The van der Waals surface area contributed by atoms with Crippen LogP contribution in [0.1, 0.15) is 18.4 Å². The van der Waals surface area contributed by atoms with Crippen LogP contribution >= 0.6 is 0 Å². The van der Waals surface area contributed by atoms with Crippen molar-refractivity contribution in [1.29, 1.82) is 0 Å². The van der Waals surface area contributed by atoms with Gasteiger partial charge in [-0.15, -0.1) is 0 Å². The molecule has 2 heterocycles. The lowest BCUT2D eigenvalue weighted by Gasteiger charge is -2.24. The summed E-state index contributed by atoms with van der Waals surface area (Å²) in [4.78, 5) is 26.4. The molecule has 0 spiro atoms. The Bertz CT molecular complexity index is 870. The zero-order chi connectivity index (χ0) is 18.1. The Morgan fingerprint density at radius 1 is 1.19 bits per heavy atom. The molecule has 1 unspecified atom stereocenters. The van der Waals surface area contributed by atoms with Crippen LogP contribution in [0.4, 0.5) is 10.1 Å². The van der Waals surface area contributed by atoms with Gasteiger partial charge in [-0.3, -0.25) is 9.59 Å². The molecule has 0 bridgehead atoms. The van der Waals surface area contributed by atoms with Crippen molar-refractivity contribution in [2.45, 2.75) is 25.4 Å². The van der Waals surface area contributed by atoms with Crippen molar-refractivity contribution in [3.8, 4) is 11.5 Å². The number of anilines is 1. The first-order valence-electron chi connectivity index (χ1n) is 8.34. The normalized spacial score (nSPS) is 18.3. The van der Waals surface area contributed by atoms with Gasteiger partial charge in [0, 0.05) is 24.7 Å². The van der Waals surface area contributed by atoms with Crippen molar-refractivity contribution < 1.29 is 23.5 Å². The number of nitrogens with zero attached hydrogens (tertiary/aromatic N) is 1. The largest absolute Gasteiger partial charge is 0.454 e. The summed E-state index contributed by atoms with van der Waals surface area (Å²) in [6, 6.07) is 10.6. The molecule has 1 saturated heterocycles. The van der Waals surface area contributed by atoms with Crippen LogP contribution in [0.3, 0.4) is 0 Å². The maximum absolute atomic E-state index is 13.4. The molecular weight excluding hydrogens is 339 g/mol. The number of benzene rings is 2. The average Bonchev–Trinajstić information content (AvgIpc) is 3.22. The van der Waals surface area contributed by atoms with Crippen LogP contribution in [-0.4, -0.2) is 29.5 Å². The number of hydrogen-bond donors (Lipinski definition) is 1. The Hall–Kier alpha value is -3.09. The van der Waals surface area contributed by atoms with E-state index in [0.717, 1.165) is 0 Å². The average molecular weight is 356 g/mol. The molecule has 2 aromatic carbocycles. The van der Waals surface area contributed by atoms with E-state index in [-0.39, 0.29) is 31.0 Å². The third kappa shape index (κ3) is 3.20. The second-order valence-electron chi connectivity index (χ2n) is 6.26. The lowest BCUT2D eigenvalue weighted by Crippen LogP contribution is -2.41. The van der Waals surface area contributed by atoms with Crippen LogP contribution < -0.4 is 14.8 Å². The molecule has 1 fully saturated rings. The van der Waals surface area contributed by atoms with Gasteiger partial charge < -0.3 is 19.7 Å². The summed E-state index contributed by atoms with van der Waals surface area (Å²) in [6.07, 6.45) is 0.735. The summed E-state index contributed by atoms with van der Waals surface area (Å²) in [5, 5.41) is 2.82. The van der Waals surface area contributed by atoms with Gasteiger partial charge in [-0.25, -0.2) is 4.39 Å². The Kier molecular flexibility index (Phi) is 4.20. The van der Waals surface area contributed by atoms with E-state index in [1.807, 2.05) is 0 Å². The highest BCUT2D eigenvalue weighted by atomic mass is 19.1. The molecule has 0 aromatic heterocycles. The first-order chi connectivity index (χ1) is 12.6. The molecule has 4 rings (SSSR count). The first kappa shape index (κ1) is 16.4. The summed E-state index contributed by atoms with van der Waals surface area (Å²) in [5.41, 5.74) is 1.23. The topological polar surface area (TPSA) is 67.9 Å². The molecule has 1 atom stereocenters. The third-order valence-electron chi connectivity index (χ3n) is 4.51. The van der Waals surface area contributed by atoms with E-state index < -0.39 is 6.04 Å². The fourth-order valence-electron chi connectivity index (χ4n) is 3.24. The Morgan fingerprint density at radius 3 is 2.88 bits per heavy atom. The van der Waals surface area contributed by atoms with E-state index in [0.29, 0.717) is 35.6 Å². The first-order valence-corrected chi connectivity index (χ1v) is 8.34. The number of ether oxygens (including phenoxy) is 2. The molecule has 2 aromatic rings. The predicted octanol–water partition coefficient (Wildman–Crippen LogP) is 2.68. The zero-order valence-corrected chi connectivity index (χ0v) is 13.9. The van der Waals surface area contributed by atoms with Crippen LogP contribution in [0.25, 0.3) is 0 Å². The molecule has 0 saturated carbocycles. The third-order valence-corrected chi connectivity index (χ3v) is 4.51. The van der Waals surface area contributed by atoms with Gasteiger partial charge in [0.25, 0.3) is 0 Å². The highest BCUT2D eigenvalue weighted by Crippen LogP contribution is 2.34. The molecule has 134 valence electrons. The lowest BCUT2D eigenvalue weighted by molar-refractivity contribution is -0.133. The minimum Gasteiger partial charge on any atom is -0.454 e.